The fourth-order valence-electron chi connectivity index (χ4n) is 2.67. The van der Waals surface area contributed by atoms with Crippen molar-refractivity contribution in [3.8, 4) is 0 Å². The number of sulfonamides is 1. The van der Waals surface area contributed by atoms with Crippen LogP contribution in [0.1, 0.15) is 39.2 Å². The van der Waals surface area contributed by atoms with E-state index in [2.05, 4.69) is 32.5 Å². The summed E-state index contributed by atoms with van der Waals surface area (Å²) in [5, 5.41) is 6.55. The topological polar surface area (TPSA) is 82.6 Å². The van der Waals surface area contributed by atoms with Crippen LogP contribution in [0.15, 0.2) is 46.3 Å². The van der Waals surface area contributed by atoms with E-state index >= 15 is 0 Å². The lowest BCUT2D eigenvalue weighted by Crippen LogP contribution is -2.43. The maximum Gasteiger partial charge on any atom is 0.241 e. The first kappa shape index (κ1) is 19.5. The molecular weight excluding hydrogens is 336 g/mol. The second kappa shape index (κ2) is 8.01. The van der Waals surface area contributed by atoms with Crippen molar-refractivity contribution in [2.24, 2.45) is 4.99 Å². The van der Waals surface area contributed by atoms with E-state index in [4.69, 9.17) is 0 Å². The van der Waals surface area contributed by atoms with Crippen molar-refractivity contribution < 1.29 is 8.42 Å². The number of benzene rings is 1. The van der Waals surface area contributed by atoms with Gasteiger partial charge in [0.1, 0.15) is 0 Å². The Kier molecular flexibility index (Phi) is 6.24. The van der Waals surface area contributed by atoms with Crippen LogP contribution in [0.4, 0.5) is 0 Å². The molecule has 1 aliphatic carbocycles. The largest absolute Gasteiger partial charge is 0.353 e. The Hall–Kier alpha value is -1.86. The minimum absolute atomic E-state index is 0.287. The molecule has 0 radical (unpaired) electrons. The SMILES string of the molecule is CN=C(NCc1ccccc1S(=O)(=O)NC(C)(C)C)NC1CC=CC1. The zero-order chi connectivity index (χ0) is 18.5. The third kappa shape index (κ3) is 5.86. The average molecular weight is 365 g/mol. The molecular formula is C18H28N4O2S. The first-order valence-corrected chi connectivity index (χ1v) is 9.94. The lowest BCUT2D eigenvalue weighted by Gasteiger charge is -2.22. The zero-order valence-electron chi connectivity index (χ0n) is 15.3. The molecule has 3 N–H and O–H groups in total. The highest BCUT2D eigenvalue weighted by Crippen LogP contribution is 2.17. The van der Waals surface area contributed by atoms with E-state index in [1.807, 2.05) is 32.9 Å². The summed E-state index contributed by atoms with van der Waals surface area (Å²) in [5.74, 6) is 0.671. The molecule has 0 bridgehead atoms. The molecule has 6 nitrogen and oxygen atoms in total. The molecule has 0 heterocycles. The van der Waals surface area contributed by atoms with Gasteiger partial charge in [0, 0.05) is 25.2 Å². The zero-order valence-corrected chi connectivity index (χ0v) is 16.2. The molecule has 7 heteroatoms. The van der Waals surface area contributed by atoms with Gasteiger partial charge >= 0.3 is 0 Å². The standard InChI is InChI=1S/C18H28N4O2S/c1-18(2,3)22-25(23,24)16-12-8-5-9-14(16)13-20-17(19-4)21-15-10-6-7-11-15/h5-9,12,15,22H,10-11,13H2,1-4H3,(H2,19,20,21). The van der Waals surface area contributed by atoms with Gasteiger partial charge in [-0.2, -0.15) is 0 Å². The van der Waals surface area contributed by atoms with E-state index in [0.29, 0.717) is 24.1 Å². The van der Waals surface area contributed by atoms with Gasteiger partial charge in [0.05, 0.1) is 4.90 Å². The molecule has 0 amide bonds. The highest BCUT2D eigenvalue weighted by atomic mass is 32.2. The van der Waals surface area contributed by atoms with Crippen LogP contribution in [-0.2, 0) is 16.6 Å². The molecule has 2 rings (SSSR count). The van der Waals surface area contributed by atoms with Gasteiger partial charge in [-0.15, -0.1) is 0 Å². The highest BCUT2D eigenvalue weighted by Gasteiger charge is 2.24. The first-order chi connectivity index (χ1) is 11.7. The van der Waals surface area contributed by atoms with Crippen LogP contribution in [0, 0.1) is 0 Å². The molecule has 0 spiro atoms. The molecule has 0 aliphatic heterocycles. The summed E-state index contributed by atoms with van der Waals surface area (Å²) in [6.45, 7) is 5.85. The van der Waals surface area contributed by atoms with Gasteiger partial charge in [0.2, 0.25) is 10.0 Å². The van der Waals surface area contributed by atoms with Crippen molar-refractivity contribution >= 4 is 16.0 Å². The monoisotopic (exact) mass is 364 g/mol. The molecule has 25 heavy (non-hydrogen) atoms. The highest BCUT2D eigenvalue weighted by molar-refractivity contribution is 7.89. The molecule has 0 saturated heterocycles. The average Bonchev–Trinajstić information content (AvgIpc) is 3.02. The molecule has 0 saturated carbocycles. The van der Waals surface area contributed by atoms with Crippen molar-refractivity contribution in [1.29, 1.82) is 0 Å². The Morgan fingerprint density at radius 2 is 1.84 bits per heavy atom. The predicted molar refractivity (Wildman–Crippen MR) is 102 cm³/mol. The van der Waals surface area contributed by atoms with Crippen LogP contribution in [-0.4, -0.2) is 33.0 Å². The molecule has 0 unspecified atom stereocenters. The number of rotatable bonds is 5. The fraction of sp³-hybridized carbons (Fsp3) is 0.500. The number of hydrogen-bond acceptors (Lipinski definition) is 3. The minimum Gasteiger partial charge on any atom is -0.353 e. The molecule has 138 valence electrons. The Morgan fingerprint density at radius 3 is 2.44 bits per heavy atom. The summed E-state index contributed by atoms with van der Waals surface area (Å²) in [5.41, 5.74) is 0.165. The molecule has 1 aromatic rings. The van der Waals surface area contributed by atoms with Crippen LogP contribution >= 0.6 is 0 Å². The maximum atomic E-state index is 12.7. The van der Waals surface area contributed by atoms with Crippen molar-refractivity contribution in [3.63, 3.8) is 0 Å². The van der Waals surface area contributed by atoms with Crippen molar-refractivity contribution in [2.75, 3.05) is 7.05 Å². The smallest absolute Gasteiger partial charge is 0.241 e. The maximum absolute atomic E-state index is 12.7. The Morgan fingerprint density at radius 1 is 1.20 bits per heavy atom. The molecule has 0 fully saturated rings. The van der Waals surface area contributed by atoms with Crippen LogP contribution in [0.5, 0.6) is 0 Å². The Bertz CT molecular complexity index is 741. The van der Waals surface area contributed by atoms with E-state index < -0.39 is 15.6 Å². The van der Waals surface area contributed by atoms with Crippen LogP contribution in [0.2, 0.25) is 0 Å². The van der Waals surface area contributed by atoms with Crippen LogP contribution in [0.25, 0.3) is 0 Å². The van der Waals surface area contributed by atoms with Crippen LogP contribution in [0.3, 0.4) is 0 Å². The predicted octanol–water partition coefficient (Wildman–Crippen LogP) is 2.15. The van der Waals surface area contributed by atoms with E-state index in [9.17, 15) is 8.42 Å². The van der Waals surface area contributed by atoms with Crippen LogP contribution < -0.4 is 15.4 Å². The van der Waals surface area contributed by atoms with Crippen molar-refractivity contribution in [1.82, 2.24) is 15.4 Å². The quantitative estimate of drug-likeness (QED) is 0.425. The molecule has 0 atom stereocenters. The third-order valence-corrected chi connectivity index (χ3v) is 5.58. The van der Waals surface area contributed by atoms with Gasteiger partial charge in [-0.1, -0.05) is 30.4 Å². The van der Waals surface area contributed by atoms with Gasteiger partial charge in [0.25, 0.3) is 0 Å². The van der Waals surface area contributed by atoms with E-state index in [0.717, 1.165) is 12.8 Å². The second-order valence-electron chi connectivity index (χ2n) is 7.17. The summed E-state index contributed by atoms with van der Waals surface area (Å²) in [6.07, 6.45) is 6.23. The van der Waals surface area contributed by atoms with Crippen molar-refractivity contribution in [2.45, 2.75) is 56.6 Å². The first-order valence-electron chi connectivity index (χ1n) is 8.45. The number of nitrogens with one attached hydrogen (secondary N) is 3. The summed E-state index contributed by atoms with van der Waals surface area (Å²) in [4.78, 5) is 4.51. The molecule has 0 aromatic heterocycles. The summed E-state index contributed by atoms with van der Waals surface area (Å²) >= 11 is 0. The van der Waals surface area contributed by atoms with Gasteiger partial charge in [0.15, 0.2) is 5.96 Å². The van der Waals surface area contributed by atoms with Gasteiger partial charge < -0.3 is 10.6 Å². The molecule has 1 aromatic carbocycles. The normalized spacial score (nSPS) is 16.2. The summed E-state index contributed by atoms with van der Waals surface area (Å²) < 4.78 is 28.0. The van der Waals surface area contributed by atoms with E-state index in [1.54, 1.807) is 19.2 Å². The Labute approximate surface area is 150 Å². The number of nitrogens with zero attached hydrogens (tertiary/aromatic N) is 1. The van der Waals surface area contributed by atoms with Gasteiger partial charge in [-0.25, -0.2) is 13.1 Å². The fourth-order valence-corrected chi connectivity index (χ4v) is 4.33. The third-order valence-electron chi connectivity index (χ3n) is 3.72. The second-order valence-corrected chi connectivity index (χ2v) is 8.82. The lowest BCUT2D eigenvalue weighted by atomic mass is 10.1. The number of guanidine groups is 1. The van der Waals surface area contributed by atoms with Crippen molar-refractivity contribution in [3.05, 3.63) is 42.0 Å². The summed E-state index contributed by atoms with van der Waals surface area (Å²) in [6, 6.07) is 7.35. The molecule has 1 aliphatic rings. The lowest BCUT2D eigenvalue weighted by molar-refractivity contribution is 0.491. The Balaban J connectivity index is 2.09. The minimum atomic E-state index is -3.59. The number of aliphatic imine (C=N–C) groups is 1. The number of hydrogen-bond donors (Lipinski definition) is 3. The van der Waals surface area contributed by atoms with E-state index in [-0.39, 0.29) is 4.90 Å². The summed E-state index contributed by atoms with van der Waals surface area (Å²) in [7, 11) is -1.88. The van der Waals surface area contributed by atoms with E-state index in [1.165, 1.54) is 0 Å². The van der Waals surface area contributed by atoms with Gasteiger partial charge in [-0.3, -0.25) is 4.99 Å². The van der Waals surface area contributed by atoms with Gasteiger partial charge in [-0.05, 0) is 45.2 Å².